The molecule has 2 heterocycles. The minimum Gasteiger partial charge on any atom is -0.466 e. The van der Waals surface area contributed by atoms with Gasteiger partial charge in [0.05, 0.1) is 37.1 Å². The monoisotopic (exact) mass is 1320 g/mol. The highest BCUT2D eigenvalue weighted by atomic mass is 16.5. The molecule has 0 saturated heterocycles. The first-order valence-corrected chi connectivity index (χ1v) is 34.2. The minimum atomic E-state index is -1.83. The summed E-state index contributed by atoms with van der Waals surface area (Å²) < 4.78 is 9.47. The largest absolute Gasteiger partial charge is 0.466 e. The third-order valence-electron chi connectivity index (χ3n) is 18.9. The number of ether oxygens (including phenoxy) is 1. The van der Waals surface area contributed by atoms with E-state index in [9.17, 15) is 29.7 Å². The molecule has 2 amide bonds. The molecule has 0 bridgehead atoms. The first-order chi connectivity index (χ1) is 47.8. The molecule has 0 radical (unpaired) electrons. The predicted molar refractivity (Wildman–Crippen MR) is 393 cm³/mol. The van der Waals surface area contributed by atoms with Gasteiger partial charge < -0.3 is 39.0 Å². The van der Waals surface area contributed by atoms with Crippen molar-refractivity contribution in [2.24, 2.45) is 0 Å². The zero-order valence-corrected chi connectivity index (χ0v) is 57.9. The molecule has 2 aromatic heterocycles. The molecule has 0 aliphatic heterocycles. The number of aliphatic hydroxyl groups excluding tert-OH is 1. The minimum absolute atomic E-state index is 0.00738. The molecule has 2 unspecified atom stereocenters. The Kier molecular flexibility index (Phi) is 21.2. The summed E-state index contributed by atoms with van der Waals surface area (Å²) in [5.41, 5.74) is 4.15. The van der Waals surface area contributed by atoms with Crippen molar-refractivity contribution >= 4 is 39.3 Å². The molecule has 12 rings (SSSR count). The molecular formula is C86H88N6O7. The van der Waals surface area contributed by atoms with Crippen molar-refractivity contribution in [3.63, 3.8) is 0 Å². The summed E-state index contributed by atoms with van der Waals surface area (Å²) in [6.07, 6.45) is 6.96. The van der Waals surface area contributed by atoms with Gasteiger partial charge in [-0.1, -0.05) is 218 Å². The summed E-state index contributed by atoms with van der Waals surface area (Å²) in [5.74, 6) is -0.584. The second-order valence-electron chi connectivity index (χ2n) is 26.5. The second-order valence-corrected chi connectivity index (χ2v) is 26.5. The van der Waals surface area contributed by atoms with Crippen molar-refractivity contribution in [1.82, 2.24) is 28.9 Å². The summed E-state index contributed by atoms with van der Waals surface area (Å²) >= 11 is 0. The van der Waals surface area contributed by atoms with Crippen LogP contribution in [0.3, 0.4) is 0 Å². The van der Waals surface area contributed by atoms with E-state index in [0.29, 0.717) is 33.6 Å². The van der Waals surface area contributed by atoms with Gasteiger partial charge in [-0.25, -0.2) is 9.97 Å². The first kappa shape index (κ1) is 69.8. The number of hydrogen-bond donors (Lipinski definition) is 3. The van der Waals surface area contributed by atoms with Crippen LogP contribution < -0.4 is 0 Å². The maximum atomic E-state index is 13.5. The van der Waals surface area contributed by atoms with Crippen LogP contribution in [-0.4, -0.2) is 99.4 Å². The fourth-order valence-electron chi connectivity index (χ4n) is 14.5. The van der Waals surface area contributed by atoms with Crippen LogP contribution in [0.25, 0.3) is 21.5 Å². The number of benzene rings is 10. The van der Waals surface area contributed by atoms with E-state index in [1.54, 1.807) is 25.6 Å². The SMILES string of the molecule is CC(C)N(C(=O)c1ccc2cc(C(O)(CCO)c3cn(C(c4ccccc4)(c4ccccc4)c4ccccc4)cn3)ccc2c1)C(C)C.CCOC(=O)CC(O)(c1ccc2cc(C(=O)N(C(C)C)C(C)C)ccc2c1)c1cn(C(c2ccccc2)(c2ccccc2)c2ccccc2)cn1. The van der Waals surface area contributed by atoms with Crippen LogP contribution in [0, 0.1) is 0 Å². The van der Waals surface area contributed by atoms with Gasteiger partial charge in [-0.2, -0.15) is 0 Å². The van der Waals surface area contributed by atoms with Crippen molar-refractivity contribution < 1.29 is 34.4 Å². The summed E-state index contributed by atoms with van der Waals surface area (Å²) in [5, 5.41) is 38.8. The third-order valence-corrected chi connectivity index (χ3v) is 18.9. The Labute approximate surface area is 581 Å². The Balaban J connectivity index is 0.000000200. The van der Waals surface area contributed by atoms with Gasteiger partial charge in [-0.15, -0.1) is 0 Å². The number of carbonyl (C=O) groups excluding carboxylic acids is 3. The molecule has 2 atom stereocenters. The van der Waals surface area contributed by atoms with Crippen molar-refractivity contribution in [3.8, 4) is 0 Å². The standard InChI is InChI=1S/C44H45N3O4.C42H43N3O3/c1-6-51-41(48)28-43(50,39-25-24-33-26-35(23-22-34(33)27-39)42(49)47(31(2)3)32(4)5)40-29-46(30-45-40)44(36-16-10-7-11-17-36,37-18-12-8-13-19-37)38-20-14-9-15-21-38;1-30(2)45(31(3)4)40(47)34-21-20-33-27-38(23-22-32(33)26-34)41(48,24-25-46)39-28-44(29-43-39)42(35-14-8-5-9-15-35,36-16-10-6-11-17-36)37-18-12-7-13-19-37/h7-27,29-32,50H,6,28H2,1-5H3;5-23,26-31,46,48H,24-25H2,1-4H3. The van der Waals surface area contributed by atoms with Crippen LogP contribution in [0.1, 0.15) is 152 Å². The van der Waals surface area contributed by atoms with E-state index in [1.165, 1.54) is 0 Å². The molecule has 13 nitrogen and oxygen atoms in total. The summed E-state index contributed by atoms with van der Waals surface area (Å²) in [7, 11) is 0. The Morgan fingerprint density at radius 3 is 1.00 bits per heavy atom. The average Bonchev–Trinajstić information content (AvgIpc) is 1.69. The van der Waals surface area contributed by atoms with Gasteiger partial charge in [0.2, 0.25) is 0 Å². The van der Waals surface area contributed by atoms with Crippen molar-refractivity contribution in [2.45, 2.75) is 122 Å². The lowest BCUT2D eigenvalue weighted by atomic mass is 9.76. The Morgan fingerprint density at radius 1 is 0.404 bits per heavy atom. The van der Waals surface area contributed by atoms with Crippen LogP contribution in [0.15, 0.2) is 280 Å². The number of esters is 1. The van der Waals surface area contributed by atoms with E-state index in [1.807, 2.05) is 258 Å². The molecule has 99 heavy (non-hydrogen) atoms. The molecule has 13 heteroatoms. The number of nitrogens with zero attached hydrogens (tertiary/aromatic N) is 6. The van der Waals surface area contributed by atoms with Crippen molar-refractivity contribution in [3.05, 3.63) is 347 Å². The van der Waals surface area contributed by atoms with Gasteiger partial charge in [-0.05, 0) is 165 Å². The number of aliphatic hydroxyl groups is 3. The van der Waals surface area contributed by atoms with E-state index in [-0.39, 0.29) is 62.0 Å². The molecule has 3 N–H and O–H groups in total. The molecule has 0 fully saturated rings. The molecule has 0 aliphatic rings. The van der Waals surface area contributed by atoms with Gasteiger partial charge >= 0.3 is 5.97 Å². The molecule has 10 aromatic carbocycles. The highest BCUT2D eigenvalue weighted by molar-refractivity contribution is 6.00. The van der Waals surface area contributed by atoms with E-state index in [2.05, 4.69) is 77.4 Å². The first-order valence-electron chi connectivity index (χ1n) is 34.2. The van der Waals surface area contributed by atoms with Crippen molar-refractivity contribution in [1.29, 1.82) is 0 Å². The van der Waals surface area contributed by atoms with Gasteiger partial charge in [-0.3, -0.25) is 14.4 Å². The van der Waals surface area contributed by atoms with E-state index >= 15 is 0 Å². The zero-order valence-electron chi connectivity index (χ0n) is 57.9. The smallest absolute Gasteiger partial charge is 0.309 e. The van der Waals surface area contributed by atoms with Crippen molar-refractivity contribution in [2.75, 3.05) is 13.2 Å². The van der Waals surface area contributed by atoms with Crippen LogP contribution in [0.2, 0.25) is 0 Å². The molecule has 0 saturated carbocycles. The van der Waals surface area contributed by atoms with Crippen LogP contribution in [0.5, 0.6) is 0 Å². The van der Waals surface area contributed by atoms with E-state index in [4.69, 9.17) is 14.7 Å². The van der Waals surface area contributed by atoms with E-state index in [0.717, 1.165) is 54.9 Å². The Morgan fingerprint density at radius 2 is 0.697 bits per heavy atom. The molecule has 504 valence electrons. The number of imidazole rings is 2. The Hall–Kier alpha value is -10.6. The van der Waals surface area contributed by atoms with Gasteiger partial charge in [0.15, 0.2) is 0 Å². The fourth-order valence-corrected chi connectivity index (χ4v) is 14.5. The predicted octanol–water partition coefficient (Wildman–Crippen LogP) is 16.1. The van der Waals surface area contributed by atoms with Gasteiger partial charge in [0, 0.05) is 60.7 Å². The molecule has 0 aliphatic carbocycles. The second kappa shape index (κ2) is 30.0. The fraction of sp³-hybridized carbons (Fsp3) is 0.244. The summed E-state index contributed by atoms with van der Waals surface area (Å²) in [6.45, 7) is 17.8. The normalized spacial score (nSPS) is 13.1. The lowest BCUT2D eigenvalue weighted by molar-refractivity contribution is -0.147. The number of rotatable bonds is 23. The number of amides is 2. The average molecular weight is 1320 g/mol. The lowest BCUT2D eigenvalue weighted by Gasteiger charge is -2.37. The van der Waals surface area contributed by atoms with Crippen LogP contribution in [-0.2, 0) is 31.8 Å². The molecular weight excluding hydrogens is 1230 g/mol. The molecule has 0 spiro atoms. The number of hydrogen-bond acceptors (Lipinski definition) is 9. The summed E-state index contributed by atoms with van der Waals surface area (Å²) in [4.78, 5) is 53.5. The number of carbonyl (C=O) groups is 3. The van der Waals surface area contributed by atoms with Gasteiger partial charge in [0.1, 0.15) is 22.3 Å². The summed E-state index contributed by atoms with van der Waals surface area (Å²) in [6, 6.07) is 84.3. The highest BCUT2D eigenvalue weighted by Gasteiger charge is 2.44. The van der Waals surface area contributed by atoms with Crippen LogP contribution in [0.4, 0.5) is 0 Å². The number of aromatic nitrogens is 4. The quantitative estimate of drug-likeness (QED) is 0.0418. The van der Waals surface area contributed by atoms with Gasteiger partial charge in [0.25, 0.3) is 11.8 Å². The maximum Gasteiger partial charge on any atom is 0.309 e. The third kappa shape index (κ3) is 13.7. The topological polar surface area (TPSA) is 163 Å². The maximum absolute atomic E-state index is 13.5. The van der Waals surface area contributed by atoms with Crippen LogP contribution >= 0.6 is 0 Å². The number of fused-ring (bicyclic) bond motifs is 2. The molecule has 12 aromatic rings. The lowest BCUT2D eigenvalue weighted by Crippen LogP contribution is -2.42. The highest BCUT2D eigenvalue weighted by Crippen LogP contribution is 2.45. The van der Waals surface area contributed by atoms with E-state index < -0.39 is 28.2 Å². The Bertz CT molecular complexity index is 4480. The zero-order chi connectivity index (χ0) is 70.1.